The lowest BCUT2D eigenvalue weighted by Crippen LogP contribution is -2.30. The third kappa shape index (κ3) is 4.27. The lowest BCUT2D eigenvalue weighted by atomic mass is 10.2. The van der Waals surface area contributed by atoms with Gasteiger partial charge in [0.15, 0.2) is 0 Å². The molecule has 0 fully saturated rings. The molecule has 0 saturated carbocycles. The highest BCUT2D eigenvalue weighted by Crippen LogP contribution is 2.26. The van der Waals surface area contributed by atoms with Gasteiger partial charge in [-0.2, -0.15) is 4.31 Å². The first-order valence-corrected chi connectivity index (χ1v) is 11.0. The zero-order valence-electron chi connectivity index (χ0n) is 15.5. The van der Waals surface area contributed by atoms with Gasteiger partial charge in [-0.05, 0) is 18.2 Å². The average Bonchev–Trinajstić information content (AvgIpc) is 3.18. The summed E-state index contributed by atoms with van der Waals surface area (Å²) in [7, 11) is -3.63. The molecule has 7 nitrogen and oxygen atoms in total. The smallest absolute Gasteiger partial charge is 0.257 e. The summed E-state index contributed by atoms with van der Waals surface area (Å²) in [6, 6.07) is 15.5. The fourth-order valence-corrected chi connectivity index (χ4v) is 4.90. The Morgan fingerprint density at radius 1 is 1.04 bits per heavy atom. The van der Waals surface area contributed by atoms with Crippen molar-refractivity contribution in [3.05, 3.63) is 60.2 Å². The Morgan fingerprint density at radius 2 is 1.75 bits per heavy atom. The van der Waals surface area contributed by atoms with Crippen LogP contribution in [0.5, 0.6) is 0 Å². The third-order valence-corrected chi connectivity index (χ3v) is 7.04. The van der Waals surface area contributed by atoms with Gasteiger partial charge in [0.2, 0.25) is 15.2 Å². The lowest BCUT2D eigenvalue weighted by molar-refractivity contribution is 0.102. The van der Waals surface area contributed by atoms with Crippen LogP contribution in [-0.4, -0.2) is 41.9 Å². The van der Waals surface area contributed by atoms with Crippen LogP contribution in [0.3, 0.4) is 0 Å². The number of amides is 1. The van der Waals surface area contributed by atoms with Gasteiger partial charge in [0.05, 0.1) is 4.90 Å². The van der Waals surface area contributed by atoms with Gasteiger partial charge in [-0.15, -0.1) is 10.2 Å². The third-order valence-electron chi connectivity index (χ3n) is 4.11. The van der Waals surface area contributed by atoms with Crippen molar-refractivity contribution in [2.24, 2.45) is 0 Å². The van der Waals surface area contributed by atoms with E-state index in [4.69, 9.17) is 0 Å². The van der Waals surface area contributed by atoms with Crippen LogP contribution >= 0.6 is 11.3 Å². The van der Waals surface area contributed by atoms with Crippen molar-refractivity contribution < 1.29 is 13.2 Å². The van der Waals surface area contributed by atoms with E-state index in [1.54, 1.807) is 26.0 Å². The standard InChI is InChI=1S/C19H20N4O3S2/c1-3-23(4-2)28(25,26)16-12-8-11-15(13-16)17(24)20-19-22-21-18(27-19)14-9-6-5-7-10-14/h5-13H,3-4H2,1-2H3,(H,20,22,24). The highest BCUT2D eigenvalue weighted by Gasteiger charge is 2.22. The van der Waals surface area contributed by atoms with Gasteiger partial charge in [0.25, 0.3) is 5.91 Å². The summed E-state index contributed by atoms with van der Waals surface area (Å²) in [5, 5.41) is 11.8. The van der Waals surface area contributed by atoms with E-state index in [1.807, 2.05) is 30.3 Å². The number of rotatable bonds is 7. The van der Waals surface area contributed by atoms with E-state index in [9.17, 15) is 13.2 Å². The summed E-state index contributed by atoms with van der Waals surface area (Å²) in [4.78, 5) is 12.7. The Kier molecular flexibility index (Phi) is 6.18. The summed E-state index contributed by atoms with van der Waals surface area (Å²) in [5.41, 5.74) is 1.15. The van der Waals surface area contributed by atoms with Gasteiger partial charge in [-0.25, -0.2) is 8.42 Å². The molecule has 1 N–H and O–H groups in total. The van der Waals surface area contributed by atoms with Crippen LogP contribution in [0.2, 0.25) is 0 Å². The van der Waals surface area contributed by atoms with E-state index in [0.29, 0.717) is 23.2 Å². The number of aromatic nitrogens is 2. The van der Waals surface area contributed by atoms with Gasteiger partial charge >= 0.3 is 0 Å². The van der Waals surface area contributed by atoms with E-state index >= 15 is 0 Å². The highest BCUT2D eigenvalue weighted by atomic mass is 32.2. The number of carbonyl (C=O) groups is 1. The molecule has 1 heterocycles. The number of hydrogen-bond acceptors (Lipinski definition) is 6. The predicted octanol–water partition coefficient (Wildman–Crippen LogP) is 3.49. The van der Waals surface area contributed by atoms with Gasteiger partial charge < -0.3 is 0 Å². The fourth-order valence-electron chi connectivity index (χ4n) is 2.65. The normalized spacial score (nSPS) is 11.5. The number of benzene rings is 2. The second-order valence-electron chi connectivity index (χ2n) is 5.85. The van der Waals surface area contributed by atoms with E-state index in [1.165, 1.54) is 27.8 Å². The molecule has 9 heteroatoms. The number of carbonyl (C=O) groups excluding carboxylic acids is 1. The van der Waals surface area contributed by atoms with Crippen LogP contribution in [0, 0.1) is 0 Å². The summed E-state index contributed by atoms with van der Waals surface area (Å²) in [6.07, 6.45) is 0. The van der Waals surface area contributed by atoms with Gasteiger partial charge in [-0.1, -0.05) is 61.6 Å². The molecule has 2 aromatic carbocycles. The topological polar surface area (TPSA) is 92.3 Å². The zero-order chi connectivity index (χ0) is 20.1. The number of hydrogen-bond donors (Lipinski definition) is 1. The fraction of sp³-hybridized carbons (Fsp3) is 0.211. The average molecular weight is 417 g/mol. The summed E-state index contributed by atoms with van der Waals surface area (Å²) < 4.78 is 26.7. The molecule has 1 amide bonds. The first-order chi connectivity index (χ1) is 13.5. The largest absolute Gasteiger partial charge is 0.296 e. The molecular weight excluding hydrogens is 396 g/mol. The van der Waals surface area contributed by atoms with E-state index in [-0.39, 0.29) is 10.5 Å². The Bertz CT molecular complexity index is 1060. The number of nitrogens with zero attached hydrogens (tertiary/aromatic N) is 3. The van der Waals surface area contributed by atoms with E-state index < -0.39 is 15.9 Å². The molecule has 3 aromatic rings. The molecule has 0 radical (unpaired) electrons. The van der Waals surface area contributed by atoms with Crippen LogP contribution in [-0.2, 0) is 10.0 Å². The van der Waals surface area contributed by atoms with Crippen LogP contribution in [0.15, 0.2) is 59.5 Å². The molecule has 0 aliphatic heterocycles. The van der Waals surface area contributed by atoms with Crippen LogP contribution in [0.1, 0.15) is 24.2 Å². The summed E-state index contributed by atoms with van der Waals surface area (Å²) in [5.74, 6) is -0.438. The van der Waals surface area contributed by atoms with E-state index in [0.717, 1.165) is 5.56 Å². The lowest BCUT2D eigenvalue weighted by Gasteiger charge is -2.18. The number of sulfonamides is 1. The minimum absolute atomic E-state index is 0.0890. The van der Waals surface area contributed by atoms with Crippen molar-refractivity contribution in [2.75, 3.05) is 18.4 Å². The minimum Gasteiger partial charge on any atom is -0.296 e. The molecule has 28 heavy (non-hydrogen) atoms. The zero-order valence-corrected chi connectivity index (χ0v) is 17.1. The first-order valence-electron chi connectivity index (χ1n) is 8.76. The van der Waals surface area contributed by atoms with Crippen LogP contribution in [0.4, 0.5) is 5.13 Å². The van der Waals surface area contributed by atoms with E-state index in [2.05, 4.69) is 15.5 Å². The second kappa shape index (κ2) is 8.59. The Labute approximate surface area is 168 Å². The van der Waals surface area contributed by atoms with Crippen molar-refractivity contribution in [3.63, 3.8) is 0 Å². The highest BCUT2D eigenvalue weighted by molar-refractivity contribution is 7.89. The number of nitrogens with one attached hydrogen (secondary N) is 1. The van der Waals surface area contributed by atoms with Crippen molar-refractivity contribution in [1.29, 1.82) is 0 Å². The van der Waals surface area contributed by atoms with Gasteiger partial charge in [-0.3, -0.25) is 10.1 Å². The van der Waals surface area contributed by atoms with Crippen LogP contribution in [0.25, 0.3) is 10.6 Å². The molecule has 0 aliphatic rings. The summed E-state index contributed by atoms with van der Waals surface area (Å²) >= 11 is 1.25. The molecular formula is C19H20N4O3S2. The monoisotopic (exact) mass is 416 g/mol. The van der Waals surface area contributed by atoms with Crippen molar-refractivity contribution in [1.82, 2.24) is 14.5 Å². The summed E-state index contributed by atoms with van der Waals surface area (Å²) in [6.45, 7) is 4.28. The molecule has 1 aromatic heterocycles. The molecule has 146 valence electrons. The minimum atomic E-state index is -3.63. The van der Waals surface area contributed by atoms with Crippen molar-refractivity contribution in [3.8, 4) is 10.6 Å². The van der Waals surface area contributed by atoms with Crippen LogP contribution < -0.4 is 5.32 Å². The Morgan fingerprint density at radius 3 is 2.43 bits per heavy atom. The SMILES string of the molecule is CCN(CC)S(=O)(=O)c1cccc(C(=O)Nc2nnc(-c3ccccc3)s2)c1. The molecule has 0 unspecified atom stereocenters. The molecule has 3 rings (SSSR count). The molecule has 0 saturated heterocycles. The van der Waals surface area contributed by atoms with Crippen molar-refractivity contribution in [2.45, 2.75) is 18.7 Å². The Hall–Kier alpha value is -2.62. The quantitative estimate of drug-likeness (QED) is 0.636. The predicted molar refractivity (Wildman–Crippen MR) is 110 cm³/mol. The van der Waals surface area contributed by atoms with Gasteiger partial charge in [0.1, 0.15) is 5.01 Å². The number of anilines is 1. The maximum atomic E-state index is 12.7. The van der Waals surface area contributed by atoms with Gasteiger partial charge in [0, 0.05) is 24.2 Å². The maximum absolute atomic E-state index is 12.7. The first kappa shape index (κ1) is 20.1. The van der Waals surface area contributed by atoms with Crippen molar-refractivity contribution >= 4 is 32.4 Å². The molecule has 0 aliphatic carbocycles. The maximum Gasteiger partial charge on any atom is 0.257 e. The molecule has 0 atom stereocenters. The Balaban J connectivity index is 1.80. The molecule has 0 bridgehead atoms. The molecule has 0 spiro atoms. The second-order valence-corrected chi connectivity index (χ2v) is 8.77.